The molecule has 1 aliphatic heterocycles. The lowest BCUT2D eigenvalue weighted by atomic mass is 10.0. The van der Waals surface area contributed by atoms with Crippen LogP contribution in [0.3, 0.4) is 0 Å². The van der Waals surface area contributed by atoms with Gasteiger partial charge < -0.3 is 20.3 Å². The maximum absolute atomic E-state index is 12.4. The highest BCUT2D eigenvalue weighted by atomic mass is 16.4. The van der Waals surface area contributed by atoms with E-state index >= 15 is 0 Å². The van der Waals surface area contributed by atoms with Crippen LogP contribution in [0.4, 0.5) is 0 Å². The first-order chi connectivity index (χ1) is 10.1. The van der Waals surface area contributed by atoms with E-state index < -0.39 is 12.0 Å². The molecule has 1 unspecified atom stereocenters. The van der Waals surface area contributed by atoms with Crippen molar-refractivity contribution in [3.63, 3.8) is 0 Å². The highest BCUT2D eigenvalue weighted by Crippen LogP contribution is 2.21. The molecule has 114 valence electrons. The predicted molar refractivity (Wildman–Crippen MR) is 74.5 cm³/mol. The quantitative estimate of drug-likeness (QED) is 0.740. The molecule has 0 saturated heterocycles. The summed E-state index contributed by atoms with van der Waals surface area (Å²) in [7, 11) is 0. The summed E-state index contributed by atoms with van der Waals surface area (Å²) in [4.78, 5) is 32.3. The maximum Gasteiger partial charge on any atom is 0.326 e. The summed E-state index contributed by atoms with van der Waals surface area (Å²) < 4.78 is 0. The fourth-order valence-electron chi connectivity index (χ4n) is 3.18. The molecule has 0 spiro atoms. The van der Waals surface area contributed by atoms with E-state index in [0.717, 1.165) is 24.2 Å². The molecule has 1 aromatic heterocycles. The van der Waals surface area contributed by atoms with E-state index in [1.165, 1.54) is 17.7 Å². The van der Waals surface area contributed by atoms with Gasteiger partial charge >= 0.3 is 5.97 Å². The van der Waals surface area contributed by atoms with Crippen molar-refractivity contribution in [2.45, 2.75) is 50.7 Å². The van der Waals surface area contributed by atoms with Crippen molar-refractivity contribution in [1.29, 1.82) is 0 Å². The molecule has 0 bridgehead atoms. The Bertz CT molecular complexity index is 536. The minimum Gasteiger partial charge on any atom is -0.480 e. The average molecular weight is 292 g/mol. The lowest BCUT2D eigenvalue weighted by Gasteiger charge is -2.32. The molecule has 1 saturated carbocycles. The van der Waals surface area contributed by atoms with Crippen LogP contribution in [-0.4, -0.2) is 50.5 Å². The Hall–Kier alpha value is -1.89. The Morgan fingerprint density at radius 1 is 1.43 bits per heavy atom. The largest absolute Gasteiger partial charge is 0.480 e. The van der Waals surface area contributed by atoms with Crippen molar-refractivity contribution >= 4 is 11.9 Å². The number of rotatable bonds is 4. The van der Waals surface area contributed by atoms with Gasteiger partial charge in [-0.15, -0.1) is 0 Å². The number of H-pyrrole nitrogens is 1. The van der Waals surface area contributed by atoms with Crippen molar-refractivity contribution in [1.82, 2.24) is 20.2 Å². The van der Waals surface area contributed by atoms with Crippen LogP contribution in [0, 0.1) is 0 Å². The number of carboxylic acid groups (broad SMARTS) is 1. The fourth-order valence-corrected chi connectivity index (χ4v) is 3.18. The number of amides is 1. The van der Waals surface area contributed by atoms with Crippen molar-refractivity contribution < 1.29 is 14.7 Å². The lowest BCUT2D eigenvalue weighted by Crippen LogP contribution is -2.51. The number of fused-ring (bicyclic) bond motifs is 1. The molecule has 3 N–H and O–H groups in total. The zero-order valence-electron chi connectivity index (χ0n) is 11.8. The van der Waals surface area contributed by atoms with Gasteiger partial charge in [-0.1, -0.05) is 12.8 Å². The fraction of sp³-hybridized carbons (Fsp3) is 0.643. The molecule has 0 aromatic carbocycles. The van der Waals surface area contributed by atoms with Gasteiger partial charge in [-0.25, -0.2) is 9.78 Å². The molecular formula is C14H20N4O3. The number of carbonyl (C=O) groups is 2. The Balaban J connectivity index is 1.66. The normalized spacial score (nSPS) is 22.3. The van der Waals surface area contributed by atoms with Crippen molar-refractivity contribution in [2.24, 2.45) is 0 Å². The van der Waals surface area contributed by atoms with Gasteiger partial charge in [0, 0.05) is 12.5 Å². The van der Waals surface area contributed by atoms with E-state index in [0.29, 0.717) is 6.04 Å². The Kier molecular flexibility index (Phi) is 3.92. The lowest BCUT2D eigenvalue weighted by molar-refractivity contribution is -0.151. The van der Waals surface area contributed by atoms with Gasteiger partial charge in [0.1, 0.15) is 6.04 Å². The number of hydrogen-bond donors (Lipinski definition) is 3. The van der Waals surface area contributed by atoms with Crippen LogP contribution < -0.4 is 5.32 Å². The molecular weight excluding hydrogens is 272 g/mol. The van der Waals surface area contributed by atoms with Gasteiger partial charge in [-0.2, -0.15) is 0 Å². The first kappa shape index (κ1) is 14.1. The molecule has 1 atom stereocenters. The second-order valence-electron chi connectivity index (χ2n) is 5.77. The summed E-state index contributed by atoms with van der Waals surface area (Å²) >= 11 is 0. The Labute approximate surface area is 122 Å². The standard InChI is InChI=1S/C14H20N4O3/c19-13(6-15-9-3-1-2-4-9)18-7-11-10(16-8-17-11)5-12(18)14(20)21/h8-9,12,15H,1-7H2,(H,16,17)(H,20,21). The van der Waals surface area contributed by atoms with Crippen molar-refractivity contribution in [2.75, 3.05) is 6.54 Å². The van der Waals surface area contributed by atoms with Gasteiger partial charge in [0.05, 0.1) is 30.8 Å². The van der Waals surface area contributed by atoms with Crippen molar-refractivity contribution in [3.8, 4) is 0 Å². The average Bonchev–Trinajstić information content (AvgIpc) is 3.13. The molecule has 1 fully saturated rings. The highest BCUT2D eigenvalue weighted by Gasteiger charge is 2.35. The SMILES string of the molecule is O=C(O)C1Cc2nc[nH]c2CN1C(=O)CNC1CCCC1. The maximum atomic E-state index is 12.4. The first-order valence-electron chi connectivity index (χ1n) is 7.42. The molecule has 7 nitrogen and oxygen atoms in total. The molecule has 7 heteroatoms. The smallest absolute Gasteiger partial charge is 0.326 e. The summed E-state index contributed by atoms with van der Waals surface area (Å²) in [6.07, 6.45) is 6.41. The van der Waals surface area contributed by atoms with Crippen LogP contribution in [0.15, 0.2) is 6.33 Å². The summed E-state index contributed by atoms with van der Waals surface area (Å²) in [6, 6.07) is -0.427. The van der Waals surface area contributed by atoms with E-state index in [4.69, 9.17) is 0 Å². The summed E-state index contributed by atoms with van der Waals surface area (Å²) in [5.74, 6) is -1.13. The number of carboxylic acids is 1. The first-order valence-corrected chi connectivity index (χ1v) is 7.42. The van der Waals surface area contributed by atoms with Crippen LogP contribution in [0.5, 0.6) is 0 Å². The van der Waals surface area contributed by atoms with E-state index in [1.54, 1.807) is 6.33 Å². The van der Waals surface area contributed by atoms with Gasteiger partial charge in [-0.3, -0.25) is 4.79 Å². The van der Waals surface area contributed by atoms with Crippen LogP contribution in [0.25, 0.3) is 0 Å². The zero-order valence-corrected chi connectivity index (χ0v) is 11.8. The third-order valence-corrected chi connectivity index (χ3v) is 4.40. The second kappa shape index (κ2) is 5.85. The molecule has 1 aromatic rings. The predicted octanol–water partition coefficient (Wildman–Crippen LogP) is 0.280. The van der Waals surface area contributed by atoms with E-state index in [2.05, 4.69) is 15.3 Å². The van der Waals surface area contributed by atoms with E-state index in [-0.39, 0.29) is 25.4 Å². The van der Waals surface area contributed by atoms with E-state index in [1.807, 2.05) is 0 Å². The molecule has 0 radical (unpaired) electrons. The number of carbonyl (C=O) groups excluding carboxylic acids is 1. The molecule has 2 aliphatic rings. The minimum atomic E-state index is -0.974. The topological polar surface area (TPSA) is 98.3 Å². The molecule has 3 rings (SSSR count). The van der Waals surface area contributed by atoms with Gasteiger partial charge in [0.15, 0.2) is 0 Å². The number of aromatic nitrogens is 2. The highest BCUT2D eigenvalue weighted by molar-refractivity contribution is 5.85. The van der Waals surface area contributed by atoms with Gasteiger partial charge in [0.25, 0.3) is 0 Å². The number of aromatic amines is 1. The van der Waals surface area contributed by atoms with Crippen LogP contribution in [-0.2, 0) is 22.6 Å². The summed E-state index contributed by atoms with van der Waals surface area (Å²) in [6.45, 7) is 0.495. The Morgan fingerprint density at radius 3 is 2.90 bits per heavy atom. The molecule has 21 heavy (non-hydrogen) atoms. The minimum absolute atomic E-state index is 0.158. The Morgan fingerprint density at radius 2 is 2.19 bits per heavy atom. The zero-order chi connectivity index (χ0) is 14.8. The molecule has 2 heterocycles. The number of imidazole rings is 1. The summed E-state index contributed by atoms with van der Waals surface area (Å²) in [5.41, 5.74) is 1.58. The number of hydrogen-bond acceptors (Lipinski definition) is 4. The second-order valence-corrected chi connectivity index (χ2v) is 5.77. The van der Waals surface area contributed by atoms with Crippen molar-refractivity contribution in [3.05, 3.63) is 17.7 Å². The van der Waals surface area contributed by atoms with Gasteiger partial charge in [0.2, 0.25) is 5.91 Å². The van der Waals surface area contributed by atoms with E-state index in [9.17, 15) is 14.7 Å². The number of nitrogens with one attached hydrogen (secondary N) is 2. The molecule has 1 aliphatic carbocycles. The third-order valence-electron chi connectivity index (χ3n) is 4.40. The monoisotopic (exact) mass is 292 g/mol. The van der Waals surface area contributed by atoms with Crippen LogP contribution >= 0.6 is 0 Å². The number of nitrogens with zero attached hydrogens (tertiary/aromatic N) is 2. The summed E-state index contributed by atoms with van der Waals surface area (Å²) in [5, 5.41) is 12.6. The van der Waals surface area contributed by atoms with Gasteiger partial charge in [-0.05, 0) is 12.8 Å². The van der Waals surface area contributed by atoms with Crippen LogP contribution in [0.1, 0.15) is 37.1 Å². The molecule has 1 amide bonds. The third kappa shape index (κ3) is 2.92. The van der Waals surface area contributed by atoms with Crippen LogP contribution in [0.2, 0.25) is 0 Å². The number of aliphatic carboxylic acids is 1.